The van der Waals surface area contributed by atoms with Crippen molar-refractivity contribution in [3.63, 3.8) is 0 Å². The van der Waals surface area contributed by atoms with Gasteiger partial charge in [-0.15, -0.1) is 0 Å². The molecule has 3 rings (SSSR count). The highest BCUT2D eigenvalue weighted by Gasteiger charge is 2.13. The minimum atomic E-state index is -0.385. The number of hydrogen-bond donors (Lipinski definition) is 1. The fourth-order valence-corrected chi connectivity index (χ4v) is 1.98. The summed E-state index contributed by atoms with van der Waals surface area (Å²) in [5.74, 6) is -0.146. The van der Waals surface area contributed by atoms with Gasteiger partial charge in [0.05, 0.1) is 29.9 Å². The quantitative estimate of drug-likeness (QED) is 0.804. The summed E-state index contributed by atoms with van der Waals surface area (Å²) in [4.78, 5) is 12.0. The zero-order valence-corrected chi connectivity index (χ0v) is 11.2. The number of para-hydroxylation sites is 1. The maximum atomic E-state index is 13.7. The number of benzene rings is 1. The fourth-order valence-electron chi connectivity index (χ4n) is 1.98. The molecule has 2 aromatic heterocycles. The van der Waals surface area contributed by atoms with Gasteiger partial charge in [-0.1, -0.05) is 12.1 Å². The van der Waals surface area contributed by atoms with E-state index >= 15 is 0 Å². The van der Waals surface area contributed by atoms with E-state index in [9.17, 15) is 9.18 Å². The molecule has 2 heterocycles. The SMILES string of the molecule is Cc1occc1C(=O)Nc1cnn(-c2ccccc2F)c1. The molecule has 0 atom stereocenters. The third-order valence-electron chi connectivity index (χ3n) is 3.04. The minimum absolute atomic E-state index is 0.297. The molecule has 1 aromatic carbocycles. The van der Waals surface area contributed by atoms with E-state index in [1.165, 1.54) is 23.2 Å². The maximum absolute atomic E-state index is 13.7. The van der Waals surface area contributed by atoms with Crippen LogP contribution >= 0.6 is 0 Å². The van der Waals surface area contributed by atoms with Crippen molar-refractivity contribution in [2.45, 2.75) is 6.92 Å². The van der Waals surface area contributed by atoms with Crippen LogP contribution in [0.25, 0.3) is 5.69 Å². The largest absolute Gasteiger partial charge is 0.469 e. The number of halogens is 1. The predicted molar refractivity (Wildman–Crippen MR) is 74.9 cm³/mol. The Labute approximate surface area is 120 Å². The molecular weight excluding hydrogens is 273 g/mol. The Morgan fingerprint density at radius 3 is 2.86 bits per heavy atom. The molecule has 0 unspecified atom stereocenters. The Kier molecular flexibility index (Phi) is 3.27. The highest BCUT2D eigenvalue weighted by atomic mass is 19.1. The number of aryl methyl sites for hydroxylation is 1. The number of carbonyl (C=O) groups is 1. The van der Waals surface area contributed by atoms with E-state index in [4.69, 9.17) is 4.42 Å². The van der Waals surface area contributed by atoms with Crippen molar-refractivity contribution < 1.29 is 13.6 Å². The molecule has 0 spiro atoms. The van der Waals surface area contributed by atoms with Gasteiger partial charge in [0, 0.05) is 0 Å². The van der Waals surface area contributed by atoms with E-state index < -0.39 is 0 Å². The van der Waals surface area contributed by atoms with Crippen molar-refractivity contribution in [2.24, 2.45) is 0 Å². The van der Waals surface area contributed by atoms with Gasteiger partial charge in [0.2, 0.25) is 0 Å². The first kappa shape index (κ1) is 13.1. The number of nitrogens with zero attached hydrogens (tertiary/aromatic N) is 2. The number of aromatic nitrogens is 2. The lowest BCUT2D eigenvalue weighted by Crippen LogP contribution is -2.11. The molecule has 3 aromatic rings. The van der Waals surface area contributed by atoms with Crippen LogP contribution in [0, 0.1) is 12.7 Å². The van der Waals surface area contributed by atoms with E-state index in [1.54, 1.807) is 37.4 Å². The molecule has 6 heteroatoms. The van der Waals surface area contributed by atoms with E-state index in [1.807, 2.05) is 0 Å². The second-order valence-corrected chi connectivity index (χ2v) is 4.47. The first-order valence-electron chi connectivity index (χ1n) is 6.30. The van der Waals surface area contributed by atoms with Crippen LogP contribution in [0.3, 0.4) is 0 Å². The monoisotopic (exact) mass is 285 g/mol. The molecule has 21 heavy (non-hydrogen) atoms. The number of hydrogen-bond acceptors (Lipinski definition) is 3. The van der Waals surface area contributed by atoms with Gasteiger partial charge in [0.25, 0.3) is 5.91 Å². The van der Waals surface area contributed by atoms with E-state index in [0.29, 0.717) is 22.7 Å². The minimum Gasteiger partial charge on any atom is -0.469 e. The fraction of sp³-hybridized carbons (Fsp3) is 0.0667. The Morgan fingerprint density at radius 2 is 2.14 bits per heavy atom. The van der Waals surface area contributed by atoms with Crippen molar-refractivity contribution in [3.8, 4) is 5.69 Å². The van der Waals surface area contributed by atoms with E-state index in [2.05, 4.69) is 10.4 Å². The van der Waals surface area contributed by atoms with Crippen LogP contribution in [0.1, 0.15) is 16.1 Å². The molecule has 106 valence electrons. The maximum Gasteiger partial charge on any atom is 0.259 e. The summed E-state index contributed by atoms with van der Waals surface area (Å²) < 4.78 is 20.1. The Balaban J connectivity index is 1.82. The molecule has 0 saturated heterocycles. The average molecular weight is 285 g/mol. The number of nitrogens with one attached hydrogen (secondary N) is 1. The smallest absolute Gasteiger partial charge is 0.259 e. The van der Waals surface area contributed by atoms with Crippen molar-refractivity contribution in [1.82, 2.24) is 9.78 Å². The molecule has 0 fully saturated rings. The van der Waals surface area contributed by atoms with Gasteiger partial charge in [0.15, 0.2) is 0 Å². The second-order valence-electron chi connectivity index (χ2n) is 4.47. The molecule has 1 N–H and O–H groups in total. The Morgan fingerprint density at radius 1 is 1.33 bits per heavy atom. The lowest BCUT2D eigenvalue weighted by atomic mass is 10.2. The second kappa shape index (κ2) is 5.24. The van der Waals surface area contributed by atoms with Gasteiger partial charge in [-0.3, -0.25) is 4.79 Å². The van der Waals surface area contributed by atoms with E-state index in [0.717, 1.165) is 0 Å². The first-order valence-corrected chi connectivity index (χ1v) is 6.30. The van der Waals surface area contributed by atoms with Crippen molar-refractivity contribution in [2.75, 3.05) is 5.32 Å². The van der Waals surface area contributed by atoms with Crippen molar-refractivity contribution in [1.29, 1.82) is 0 Å². The molecule has 0 saturated carbocycles. The summed E-state index contributed by atoms with van der Waals surface area (Å²) in [6, 6.07) is 7.87. The average Bonchev–Trinajstić information content (AvgIpc) is 3.08. The van der Waals surface area contributed by atoms with Gasteiger partial charge in [0.1, 0.15) is 17.3 Å². The molecule has 1 amide bonds. The summed E-state index contributed by atoms with van der Waals surface area (Å²) >= 11 is 0. The van der Waals surface area contributed by atoms with Gasteiger partial charge in [-0.25, -0.2) is 9.07 Å². The van der Waals surface area contributed by atoms with Crippen LogP contribution in [-0.4, -0.2) is 15.7 Å². The summed E-state index contributed by atoms with van der Waals surface area (Å²) in [5.41, 5.74) is 1.25. The summed E-state index contributed by atoms with van der Waals surface area (Å²) in [5, 5.41) is 6.73. The normalized spacial score (nSPS) is 10.6. The number of amides is 1. The zero-order chi connectivity index (χ0) is 14.8. The van der Waals surface area contributed by atoms with Crippen LogP contribution in [0.5, 0.6) is 0 Å². The molecular formula is C15H12FN3O2. The van der Waals surface area contributed by atoms with E-state index in [-0.39, 0.29) is 11.7 Å². The topological polar surface area (TPSA) is 60.1 Å². The molecule has 5 nitrogen and oxygen atoms in total. The zero-order valence-electron chi connectivity index (χ0n) is 11.2. The van der Waals surface area contributed by atoms with Crippen LogP contribution < -0.4 is 5.32 Å². The van der Waals surface area contributed by atoms with Gasteiger partial charge in [-0.2, -0.15) is 5.10 Å². The van der Waals surface area contributed by atoms with Crippen molar-refractivity contribution >= 4 is 11.6 Å². The first-order chi connectivity index (χ1) is 10.1. The molecule has 0 aliphatic heterocycles. The van der Waals surface area contributed by atoms with Crippen molar-refractivity contribution in [3.05, 3.63) is 66.1 Å². The van der Waals surface area contributed by atoms with Gasteiger partial charge >= 0.3 is 0 Å². The van der Waals surface area contributed by atoms with Crippen LogP contribution in [0.2, 0.25) is 0 Å². The Hall–Kier alpha value is -2.89. The van der Waals surface area contributed by atoms with Crippen LogP contribution in [-0.2, 0) is 0 Å². The lowest BCUT2D eigenvalue weighted by Gasteiger charge is -2.02. The summed E-state index contributed by atoms with van der Waals surface area (Å²) in [7, 11) is 0. The molecule has 0 aliphatic carbocycles. The molecule has 0 aliphatic rings. The highest BCUT2D eigenvalue weighted by Crippen LogP contribution is 2.16. The highest BCUT2D eigenvalue weighted by molar-refractivity contribution is 6.04. The number of rotatable bonds is 3. The third kappa shape index (κ3) is 2.55. The summed E-state index contributed by atoms with van der Waals surface area (Å²) in [6.45, 7) is 1.71. The number of carbonyl (C=O) groups excluding carboxylic acids is 1. The van der Waals surface area contributed by atoms with Crippen LogP contribution in [0.15, 0.2) is 53.4 Å². The third-order valence-corrected chi connectivity index (χ3v) is 3.04. The standard InChI is InChI=1S/C15H12FN3O2/c1-10-12(6-7-21-10)15(20)18-11-8-17-19(9-11)14-5-3-2-4-13(14)16/h2-9H,1H3,(H,18,20). The number of furan rings is 1. The predicted octanol–water partition coefficient (Wildman–Crippen LogP) is 3.17. The van der Waals surface area contributed by atoms with Gasteiger partial charge in [-0.05, 0) is 25.1 Å². The molecule has 0 bridgehead atoms. The molecule has 0 radical (unpaired) electrons. The lowest BCUT2D eigenvalue weighted by molar-refractivity contribution is 0.102. The van der Waals surface area contributed by atoms with Crippen LogP contribution in [0.4, 0.5) is 10.1 Å². The summed E-state index contributed by atoms with van der Waals surface area (Å²) in [6.07, 6.45) is 4.46. The van der Waals surface area contributed by atoms with Gasteiger partial charge < -0.3 is 9.73 Å². The number of anilines is 1. The Bertz CT molecular complexity index is 792.